The zero-order chi connectivity index (χ0) is 23.0. The zero-order valence-electron chi connectivity index (χ0n) is 18.5. The highest BCUT2D eigenvalue weighted by Gasteiger charge is 2.40. The predicted octanol–water partition coefficient (Wildman–Crippen LogP) is 5.19. The normalized spacial score (nSPS) is 13.5. The van der Waals surface area contributed by atoms with E-state index in [1.807, 2.05) is 64.1 Å². The quantitative estimate of drug-likeness (QED) is 0.589. The van der Waals surface area contributed by atoms with Crippen LogP contribution in [0.1, 0.15) is 33.4 Å². The molecule has 0 unspecified atom stereocenters. The molecule has 0 fully saturated rings. The smallest absolute Gasteiger partial charge is 0.282 e. The molecule has 0 saturated carbocycles. The summed E-state index contributed by atoms with van der Waals surface area (Å²) >= 11 is 0. The summed E-state index contributed by atoms with van der Waals surface area (Å²) in [5.41, 5.74) is 7.17. The maximum atomic E-state index is 13.6. The molecule has 5 nitrogen and oxygen atoms in total. The van der Waals surface area contributed by atoms with Crippen LogP contribution in [0.3, 0.4) is 0 Å². The Bertz CT molecular complexity index is 1330. The SMILES string of the molecule is Cc1ccc(C2=C(Nc3ccc(C)c(C)c3)C(=O)N(c3ccc(C#N)cc3)C2=O)c(C)c1. The van der Waals surface area contributed by atoms with Crippen LogP contribution >= 0.6 is 0 Å². The fourth-order valence-electron chi connectivity index (χ4n) is 3.87. The van der Waals surface area contributed by atoms with Crippen molar-refractivity contribution >= 4 is 28.8 Å². The lowest BCUT2D eigenvalue weighted by Crippen LogP contribution is -2.32. The van der Waals surface area contributed by atoms with Gasteiger partial charge >= 0.3 is 0 Å². The highest BCUT2D eigenvalue weighted by Crippen LogP contribution is 2.35. The molecule has 0 aromatic heterocycles. The zero-order valence-corrected chi connectivity index (χ0v) is 18.5. The maximum absolute atomic E-state index is 13.6. The summed E-state index contributed by atoms with van der Waals surface area (Å²) < 4.78 is 0. The molecule has 0 spiro atoms. The number of nitrogens with one attached hydrogen (secondary N) is 1. The van der Waals surface area contributed by atoms with E-state index in [0.717, 1.165) is 33.5 Å². The number of nitriles is 1. The molecule has 2 amide bonds. The first-order valence-electron chi connectivity index (χ1n) is 10.4. The highest BCUT2D eigenvalue weighted by molar-refractivity contribution is 6.46. The van der Waals surface area contributed by atoms with Crippen molar-refractivity contribution < 1.29 is 9.59 Å². The molecule has 0 atom stereocenters. The molecule has 1 aliphatic heterocycles. The van der Waals surface area contributed by atoms with Crippen molar-refractivity contribution in [1.82, 2.24) is 0 Å². The van der Waals surface area contributed by atoms with Gasteiger partial charge in [0, 0.05) is 5.69 Å². The molecule has 0 bridgehead atoms. The Labute approximate surface area is 187 Å². The summed E-state index contributed by atoms with van der Waals surface area (Å²) in [6, 6.07) is 20.1. The third-order valence-corrected chi connectivity index (χ3v) is 5.77. The van der Waals surface area contributed by atoms with Gasteiger partial charge in [-0.25, -0.2) is 4.90 Å². The third-order valence-electron chi connectivity index (χ3n) is 5.77. The Hall–Kier alpha value is -4.17. The van der Waals surface area contributed by atoms with Crippen LogP contribution in [-0.4, -0.2) is 11.8 Å². The predicted molar refractivity (Wildman–Crippen MR) is 126 cm³/mol. The lowest BCUT2D eigenvalue weighted by atomic mass is 9.97. The molecule has 158 valence electrons. The van der Waals surface area contributed by atoms with Gasteiger partial charge in [0.2, 0.25) is 0 Å². The second-order valence-electron chi connectivity index (χ2n) is 8.10. The fourth-order valence-corrected chi connectivity index (χ4v) is 3.87. The van der Waals surface area contributed by atoms with Crippen molar-refractivity contribution in [2.24, 2.45) is 0 Å². The van der Waals surface area contributed by atoms with E-state index < -0.39 is 11.8 Å². The molecule has 1 aliphatic rings. The number of hydrogen-bond donors (Lipinski definition) is 1. The van der Waals surface area contributed by atoms with Gasteiger partial charge in [-0.15, -0.1) is 0 Å². The van der Waals surface area contributed by atoms with Crippen molar-refractivity contribution in [2.75, 3.05) is 10.2 Å². The van der Waals surface area contributed by atoms with Gasteiger partial charge in [0.1, 0.15) is 5.70 Å². The minimum Gasteiger partial charge on any atom is -0.350 e. The molecular weight excluding hydrogens is 398 g/mol. The number of anilines is 2. The second kappa shape index (κ2) is 8.16. The van der Waals surface area contributed by atoms with Crippen molar-refractivity contribution in [1.29, 1.82) is 5.26 Å². The van der Waals surface area contributed by atoms with Crippen molar-refractivity contribution in [3.63, 3.8) is 0 Å². The molecule has 3 aromatic rings. The number of amides is 2. The number of hydrogen-bond acceptors (Lipinski definition) is 4. The standard InChI is InChI=1S/C27H23N3O2/c1-16-5-12-23(19(4)13-16)24-25(29-21-9-6-17(2)18(3)14-21)27(32)30(26(24)31)22-10-7-20(15-28)8-11-22/h5-14,29H,1-4H3. The molecule has 5 heteroatoms. The summed E-state index contributed by atoms with van der Waals surface area (Å²) in [6.07, 6.45) is 0. The van der Waals surface area contributed by atoms with Crippen molar-refractivity contribution in [2.45, 2.75) is 27.7 Å². The summed E-state index contributed by atoms with van der Waals surface area (Å²) in [5, 5.41) is 12.3. The molecule has 0 radical (unpaired) electrons. The molecule has 32 heavy (non-hydrogen) atoms. The largest absolute Gasteiger partial charge is 0.350 e. The first kappa shape index (κ1) is 21.1. The van der Waals surface area contributed by atoms with Crippen LogP contribution in [-0.2, 0) is 9.59 Å². The minimum atomic E-state index is -0.423. The molecule has 1 heterocycles. The summed E-state index contributed by atoms with van der Waals surface area (Å²) in [7, 11) is 0. The molecule has 0 saturated heterocycles. The first-order chi connectivity index (χ1) is 15.3. The summed E-state index contributed by atoms with van der Waals surface area (Å²) in [4.78, 5) is 28.2. The Morgan fingerprint density at radius 3 is 2.12 bits per heavy atom. The van der Waals surface area contributed by atoms with Crippen LogP contribution < -0.4 is 10.2 Å². The number of carbonyl (C=O) groups excluding carboxylic acids is 2. The summed E-state index contributed by atoms with van der Waals surface area (Å²) in [5.74, 6) is -0.814. The topological polar surface area (TPSA) is 73.2 Å². The van der Waals surface area contributed by atoms with Gasteiger partial charge in [-0.1, -0.05) is 29.8 Å². The Balaban J connectivity index is 1.85. The number of benzene rings is 3. The highest BCUT2D eigenvalue weighted by atomic mass is 16.2. The van der Waals surface area contributed by atoms with Crippen LogP contribution in [0.25, 0.3) is 5.57 Å². The maximum Gasteiger partial charge on any atom is 0.282 e. The van der Waals surface area contributed by atoms with Crippen LogP contribution in [0.2, 0.25) is 0 Å². The molecule has 1 N–H and O–H groups in total. The minimum absolute atomic E-state index is 0.245. The first-order valence-corrected chi connectivity index (χ1v) is 10.4. The van der Waals surface area contributed by atoms with E-state index in [2.05, 4.69) is 11.4 Å². The Morgan fingerprint density at radius 1 is 0.781 bits per heavy atom. The van der Waals surface area contributed by atoms with Crippen molar-refractivity contribution in [3.05, 3.63) is 99.7 Å². The average Bonchev–Trinajstić information content (AvgIpc) is 3.00. The molecule has 4 rings (SSSR count). The van der Waals surface area contributed by atoms with Crippen LogP contribution in [0, 0.1) is 39.0 Å². The summed E-state index contributed by atoms with van der Waals surface area (Å²) in [6.45, 7) is 7.95. The van der Waals surface area contributed by atoms with E-state index in [9.17, 15) is 9.59 Å². The lowest BCUT2D eigenvalue weighted by Gasteiger charge is -2.15. The van der Waals surface area contributed by atoms with Gasteiger partial charge in [-0.05, 0) is 86.3 Å². The Morgan fingerprint density at radius 2 is 1.50 bits per heavy atom. The lowest BCUT2D eigenvalue weighted by molar-refractivity contribution is -0.120. The van der Waals surface area contributed by atoms with Gasteiger partial charge in [0.05, 0.1) is 22.9 Å². The third kappa shape index (κ3) is 3.67. The van der Waals surface area contributed by atoms with E-state index in [0.29, 0.717) is 16.8 Å². The number of aryl methyl sites for hydroxylation is 4. The fraction of sp³-hybridized carbons (Fsp3) is 0.148. The van der Waals surface area contributed by atoms with Gasteiger partial charge < -0.3 is 5.32 Å². The molecule has 3 aromatic carbocycles. The Kier molecular flexibility index (Phi) is 5.38. The van der Waals surface area contributed by atoms with Gasteiger partial charge in [0.15, 0.2) is 0 Å². The van der Waals surface area contributed by atoms with E-state index >= 15 is 0 Å². The van der Waals surface area contributed by atoms with E-state index in [1.165, 1.54) is 4.90 Å². The van der Waals surface area contributed by atoms with Crippen LogP contribution in [0.4, 0.5) is 11.4 Å². The van der Waals surface area contributed by atoms with Gasteiger partial charge in [0.25, 0.3) is 11.8 Å². The average molecular weight is 422 g/mol. The van der Waals surface area contributed by atoms with E-state index in [-0.39, 0.29) is 5.70 Å². The molecule has 0 aliphatic carbocycles. The number of nitrogens with zero attached hydrogens (tertiary/aromatic N) is 2. The van der Waals surface area contributed by atoms with Crippen LogP contribution in [0.5, 0.6) is 0 Å². The molecular formula is C27H23N3O2. The second-order valence-corrected chi connectivity index (χ2v) is 8.10. The van der Waals surface area contributed by atoms with Crippen molar-refractivity contribution in [3.8, 4) is 6.07 Å². The number of imide groups is 1. The number of carbonyl (C=O) groups is 2. The van der Waals surface area contributed by atoms with Gasteiger partial charge in [-0.2, -0.15) is 5.26 Å². The number of rotatable bonds is 4. The van der Waals surface area contributed by atoms with Crippen LogP contribution in [0.15, 0.2) is 66.4 Å². The van der Waals surface area contributed by atoms with Gasteiger partial charge in [-0.3, -0.25) is 9.59 Å². The van der Waals surface area contributed by atoms with E-state index in [4.69, 9.17) is 5.26 Å². The monoisotopic (exact) mass is 421 g/mol. The van der Waals surface area contributed by atoms with E-state index in [1.54, 1.807) is 24.3 Å².